The number of hydrogen-bond donors (Lipinski definition) is 3. The monoisotopic (exact) mass is 279 g/mol. The van der Waals surface area contributed by atoms with Crippen LogP contribution >= 0.6 is 12.2 Å². The van der Waals surface area contributed by atoms with Crippen LogP contribution in [0, 0.1) is 6.92 Å². The average molecular weight is 279 g/mol. The van der Waals surface area contributed by atoms with E-state index in [4.69, 9.17) is 21.1 Å². The van der Waals surface area contributed by atoms with E-state index < -0.39 is 0 Å². The lowest BCUT2D eigenvalue weighted by Gasteiger charge is -2.10. The van der Waals surface area contributed by atoms with Gasteiger partial charge in [-0.25, -0.2) is 0 Å². The predicted molar refractivity (Wildman–Crippen MR) is 72.2 cm³/mol. The molecule has 7 heteroatoms. The summed E-state index contributed by atoms with van der Waals surface area (Å²) in [5.74, 6) is 0.989. The van der Waals surface area contributed by atoms with E-state index in [0.717, 1.165) is 5.76 Å². The fraction of sp³-hybridized carbons (Fsp3) is 0.167. The zero-order chi connectivity index (χ0) is 13.7. The number of hydrazine groups is 1. The molecule has 100 valence electrons. The third-order valence-electron chi connectivity index (χ3n) is 2.40. The quantitative estimate of drug-likeness (QED) is 0.583. The van der Waals surface area contributed by atoms with E-state index >= 15 is 0 Å². The van der Waals surface area contributed by atoms with E-state index in [9.17, 15) is 4.79 Å². The van der Waals surface area contributed by atoms with E-state index in [-0.39, 0.29) is 5.91 Å². The standard InChI is InChI=1S/C12H13N3O3S/c1-8-10(4-6-17-8)11(16)14-15-12(19)13-7-9-3-2-5-18-9/h2-6H,7H2,1H3,(H,14,16)(H2,13,15,19). The van der Waals surface area contributed by atoms with Crippen molar-refractivity contribution < 1.29 is 13.6 Å². The summed E-state index contributed by atoms with van der Waals surface area (Å²) in [6.07, 6.45) is 3.04. The second-order valence-electron chi connectivity index (χ2n) is 3.73. The molecule has 0 spiro atoms. The van der Waals surface area contributed by atoms with Crippen LogP contribution in [0.1, 0.15) is 21.9 Å². The van der Waals surface area contributed by atoms with Gasteiger partial charge in [0, 0.05) is 0 Å². The van der Waals surface area contributed by atoms with Gasteiger partial charge in [-0.15, -0.1) is 0 Å². The van der Waals surface area contributed by atoms with Crippen molar-refractivity contribution in [2.45, 2.75) is 13.5 Å². The predicted octanol–water partition coefficient (Wildman–Crippen LogP) is 1.49. The smallest absolute Gasteiger partial charge is 0.273 e. The zero-order valence-electron chi connectivity index (χ0n) is 10.2. The first-order valence-corrected chi connectivity index (χ1v) is 5.98. The SMILES string of the molecule is Cc1occc1C(=O)NNC(=S)NCc1ccco1. The molecule has 0 saturated carbocycles. The molecular weight excluding hydrogens is 266 g/mol. The highest BCUT2D eigenvalue weighted by atomic mass is 32.1. The minimum atomic E-state index is -0.312. The Bertz CT molecular complexity index is 563. The van der Waals surface area contributed by atoms with Gasteiger partial charge < -0.3 is 14.2 Å². The lowest BCUT2D eigenvalue weighted by Crippen LogP contribution is -2.46. The summed E-state index contributed by atoms with van der Waals surface area (Å²) < 4.78 is 10.2. The molecular formula is C12H13N3O3S. The van der Waals surface area contributed by atoms with Gasteiger partial charge in [0.25, 0.3) is 5.91 Å². The Kier molecular flexibility index (Phi) is 4.19. The van der Waals surface area contributed by atoms with Crippen LogP contribution in [0.3, 0.4) is 0 Å². The van der Waals surface area contributed by atoms with Crippen molar-refractivity contribution in [2.24, 2.45) is 0 Å². The molecule has 1 amide bonds. The number of thiocarbonyl (C=S) groups is 1. The van der Waals surface area contributed by atoms with Crippen LogP contribution in [0.5, 0.6) is 0 Å². The number of carbonyl (C=O) groups excluding carboxylic acids is 1. The molecule has 0 aliphatic rings. The van der Waals surface area contributed by atoms with Crippen molar-refractivity contribution in [1.82, 2.24) is 16.2 Å². The van der Waals surface area contributed by atoms with Gasteiger partial charge in [0.15, 0.2) is 5.11 Å². The van der Waals surface area contributed by atoms with Crippen molar-refractivity contribution in [1.29, 1.82) is 0 Å². The number of furan rings is 2. The summed E-state index contributed by atoms with van der Waals surface area (Å²) in [4.78, 5) is 11.7. The minimum absolute atomic E-state index is 0.297. The maximum atomic E-state index is 11.7. The van der Waals surface area contributed by atoms with E-state index in [1.54, 1.807) is 25.3 Å². The minimum Gasteiger partial charge on any atom is -0.469 e. The topological polar surface area (TPSA) is 79.4 Å². The van der Waals surface area contributed by atoms with Crippen molar-refractivity contribution in [2.75, 3.05) is 0 Å². The van der Waals surface area contributed by atoms with Crippen LogP contribution in [-0.2, 0) is 6.54 Å². The molecule has 2 aromatic rings. The summed E-state index contributed by atoms with van der Waals surface area (Å²) in [5, 5.41) is 3.19. The van der Waals surface area contributed by atoms with Crippen LogP contribution in [0.15, 0.2) is 39.6 Å². The normalized spacial score (nSPS) is 9.95. The largest absolute Gasteiger partial charge is 0.469 e. The fourth-order valence-electron chi connectivity index (χ4n) is 1.43. The molecule has 0 radical (unpaired) electrons. The summed E-state index contributed by atoms with van der Waals surface area (Å²) in [6.45, 7) is 2.15. The van der Waals surface area contributed by atoms with Crippen LogP contribution in [0.4, 0.5) is 0 Å². The molecule has 2 aromatic heterocycles. The maximum absolute atomic E-state index is 11.7. The molecule has 0 aliphatic carbocycles. The fourth-order valence-corrected chi connectivity index (χ4v) is 1.55. The molecule has 3 N–H and O–H groups in total. The summed E-state index contributed by atoms with van der Waals surface area (Å²) >= 11 is 5.01. The number of nitrogens with one attached hydrogen (secondary N) is 3. The van der Waals surface area contributed by atoms with Crippen molar-refractivity contribution in [3.63, 3.8) is 0 Å². The Morgan fingerprint density at radius 1 is 1.26 bits per heavy atom. The van der Waals surface area contributed by atoms with Gasteiger partial charge in [-0.1, -0.05) is 0 Å². The zero-order valence-corrected chi connectivity index (χ0v) is 11.0. The van der Waals surface area contributed by atoms with E-state index in [0.29, 0.717) is 23.0 Å². The molecule has 0 fully saturated rings. The van der Waals surface area contributed by atoms with Gasteiger partial charge in [-0.05, 0) is 37.3 Å². The number of aryl methyl sites for hydroxylation is 1. The van der Waals surface area contributed by atoms with Gasteiger partial charge in [0.1, 0.15) is 11.5 Å². The summed E-state index contributed by atoms with van der Waals surface area (Å²) in [5.41, 5.74) is 5.53. The van der Waals surface area contributed by atoms with E-state index in [2.05, 4.69) is 16.2 Å². The lowest BCUT2D eigenvalue weighted by molar-refractivity contribution is 0.0942. The van der Waals surface area contributed by atoms with Gasteiger partial charge >= 0.3 is 0 Å². The first-order valence-electron chi connectivity index (χ1n) is 5.57. The molecule has 19 heavy (non-hydrogen) atoms. The van der Waals surface area contributed by atoms with Gasteiger partial charge in [-0.2, -0.15) is 0 Å². The summed E-state index contributed by atoms with van der Waals surface area (Å²) in [7, 11) is 0. The third kappa shape index (κ3) is 3.59. The number of carbonyl (C=O) groups is 1. The highest BCUT2D eigenvalue weighted by Gasteiger charge is 2.11. The van der Waals surface area contributed by atoms with Crippen LogP contribution in [-0.4, -0.2) is 11.0 Å². The molecule has 0 aromatic carbocycles. The highest BCUT2D eigenvalue weighted by Crippen LogP contribution is 2.07. The maximum Gasteiger partial charge on any atom is 0.273 e. The molecule has 0 saturated heterocycles. The average Bonchev–Trinajstić information content (AvgIpc) is 3.04. The molecule has 0 bridgehead atoms. The third-order valence-corrected chi connectivity index (χ3v) is 2.64. The number of hydrogen-bond acceptors (Lipinski definition) is 4. The molecule has 0 atom stereocenters. The van der Waals surface area contributed by atoms with E-state index in [1.165, 1.54) is 6.26 Å². The first-order chi connectivity index (χ1) is 9.16. The number of rotatable bonds is 3. The second kappa shape index (κ2) is 6.05. The van der Waals surface area contributed by atoms with Crippen molar-refractivity contribution in [3.8, 4) is 0 Å². The Morgan fingerprint density at radius 2 is 2.11 bits per heavy atom. The second-order valence-corrected chi connectivity index (χ2v) is 4.14. The Morgan fingerprint density at radius 3 is 2.74 bits per heavy atom. The van der Waals surface area contributed by atoms with Gasteiger partial charge in [-0.3, -0.25) is 15.6 Å². The summed E-state index contributed by atoms with van der Waals surface area (Å²) in [6, 6.07) is 5.20. The highest BCUT2D eigenvalue weighted by molar-refractivity contribution is 7.80. The molecule has 2 heterocycles. The molecule has 0 unspecified atom stereocenters. The lowest BCUT2D eigenvalue weighted by atomic mass is 10.2. The first kappa shape index (κ1) is 13.2. The van der Waals surface area contributed by atoms with Crippen molar-refractivity contribution >= 4 is 23.2 Å². The van der Waals surface area contributed by atoms with Crippen molar-refractivity contribution in [3.05, 3.63) is 47.8 Å². The van der Waals surface area contributed by atoms with Gasteiger partial charge in [0.2, 0.25) is 0 Å². The molecule has 0 aliphatic heterocycles. The Labute approximate surface area is 115 Å². The number of amides is 1. The van der Waals surface area contributed by atoms with Crippen LogP contribution in [0.25, 0.3) is 0 Å². The van der Waals surface area contributed by atoms with Crippen LogP contribution < -0.4 is 16.2 Å². The van der Waals surface area contributed by atoms with Gasteiger partial charge in [0.05, 0.1) is 24.6 Å². The van der Waals surface area contributed by atoms with E-state index in [1.807, 2.05) is 6.07 Å². The molecule has 6 nitrogen and oxygen atoms in total. The van der Waals surface area contributed by atoms with Crippen LogP contribution in [0.2, 0.25) is 0 Å². The molecule has 2 rings (SSSR count). The Balaban J connectivity index is 1.74. The Hall–Kier alpha value is -2.28.